The normalized spacial score (nSPS) is 12.3. The summed E-state index contributed by atoms with van der Waals surface area (Å²) in [5.74, 6) is 0. The van der Waals surface area contributed by atoms with Crippen molar-refractivity contribution >= 4 is 111 Å². The van der Waals surface area contributed by atoms with Crippen molar-refractivity contribution in [2.75, 3.05) is 0 Å². The number of fused-ring (bicyclic) bond motifs is 5. The summed E-state index contributed by atoms with van der Waals surface area (Å²) in [7, 11) is 0. The second-order valence-corrected chi connectivity index (χ2v) is 16.4. The highest BCUT2D eigenvalue weighted by Crippen LogP contribution is 2.50. The first-order valence-electron chi connectivity index (χ1n) is 19.3. The minimum Gasteiger partial charge on any atom is -0.340 e. The largest absolute Gasteiger partial charge is 0.340 e. The molecule has 0 saturated heterocycles. The average Bonchev–Trinajstić information content (AvgIpc) is 3.45. The fourth-order valence-electron chi connectivity index (χ4n) is 8.71. The molecule has 0 unspecified atom stereocenters. The second kappa shape index (κ2) is 15.3. The molecule has 1 nitrogen and oxygen atoms in total. The zero-order chi connectivity index (χ0) is 35.9. The van der Waals surface area contributed by atoms with Crippen LogP contribution in [0.2, 0.25) is 20.1 Å². The van der Waals surface area contributed by atoms with Gasteiger partial charge in [0.2, 0.25) is 0 Å². The minimum atomic E-state index is 0.662. The number of hydrogen-bond donors (Lipinski definition) is 0. The summed E-state index contributed by atoms with van der Waals surface area (Å²) >= 11 is 28.4. The van der Waals surface area contributed by atoms with Crippen molar-refractivity contribution in [1.29, 1.82) is 0 Å². The quantitative estimate of drug-likeness (QED) is 0.0590. The third kappa shape index (κ3) is 6.41. The van der Waals surface area contributed by atoms with E-state index in [0.29, 0.717) is 15.1 Å². The van der Waals surface area contributed by atoms with Crippen LogP contribution in [-0.2, 0) is 25.8 Å². The van der Waals surface area contributed by atoms with E-state index in [1.807, 2.05) is 30.3 Å². The highest BCUT2D eigenvalue weighted by atomic mass is 35.5. The molecule has 0 aliphatic heterocycles. The van der Waals surface area contributed by atoms with Crippen LogP contribution in [0.15, 0.2) is 78.9 Å². The Morgan fingerprint density at radius 2 is 0.942 bits per heavy atom. The molecule has 52 heavy (non-hydrogen) atoms. The average molecular weight is 766 g/mol. The Hall–Kier alpha value is -3.20. The van der Waals surface area contributed by atoms with Crippen molar-refractivity contribution in [3.05, 3.63) is 116 Å². The van der Waals surface area contributed by atoms with E-state index in [4.69, 9.17) is 46.4 Å². The minimum absolute atomic E-state index is 0.662. The van der Waals surface area contributed by atoms with E-state index in [-0.39, 0.29) is 0 Å². The molecular formula is C47H45Cl4N. The third-order valence-corrected chi connectivity index (χ3v) is 12.7. The number of nitrogens with zero attached hydrogens (tertiary/aromatic N) is 1. The molecule has 0 aliphatic rings. The summed E-state index contributed by atoms with van der Waals surface area (Å²) in [5, 5.41) is 13.5. The van der Waals surface area contributed by atoms with Crippen LogP contribution in [0.1, 0.15) is 88.3 Å². The first-order chi connectivity index (χ1) is 25.4. The van der Waals surface area contributed by atoms with Crippen molar-refractivity contribution in [3.63, 3.8) is 0 Å². The van der Waals surface area contributed by atoms with E-state index < -0.39 is 0 Å². The van der Waals surface area contributed by atoms with Gasteiger partial charge in [-0.2, -0.15) is 0 Å². The van der Waals surface area contributed by atoms with Crippen LogP contribution in [0.4, 0.5) is 0 Å². The summed E-state index contributed by atoms with van der Waals surface area (Å²) in [6, 6.07) is 28.8. The van der Waals surface area contributed by atoms with E-state index in [2.05, 4.69) is 66.9 Å². The van der Waals surface area contributed by atoms with Gasteiger partial charge in [0.15, 0.2) is 0 Å². The standard InChI is InChI=1S/C47H45Cl4N/c1-3-5-7-9-12-29-15-23-39-34(26-29)35-27-30(13-10-8-6-4-2)16-24-40(35)52(39)25-11-14-33-28-32-19-22-37(49)44-42(32)46(47(33)51)45-38(50)21-18-31-17-20-36(48)43(44)41(31)45/h15-24,26-28H,3-14,25H2,1-2H3. The molecule has 0 fully saturated rings. The van der Waals surface area contributed by atoms with Crippen LogP contribution in [0.25, 0.3) is 64.9 Å². The van der Waals surface area contributed by atoms with E-state index in [9.17, 15) is 0 Å². The fraction of sp³-hybridized carbons (Fsp3) is 0.319. The third-order valence-electron chi connectivity index (χ3n) is 11.3. The summed E-state index contributed by atoms with van der Waals surface area (Å²) < 4.78 is 2.54. The van der Waals surface area contributed by atoms with Gasteiger partial charge in [-0.3, -0.25) is 0 Å². The molecule has 1 aromatic heterocycles. The summed E-state index contributed by atoms with van der Waals surface area (Å²) in [4.78, 5) is 0. The second-order valence-electron chi connectivity index (χ2n) is 14.8. The molecule has 8 aromatic rings. The highest BCUT2D eigenvalue weighted by Gasteiger charge is 2.22. The molecule has 5 heteroatoms. The lowest BCUT2D eigenvalue weighted by atomic mass is 9.88. The van der Waals surface area contributed by atoms with Gasteiger partial charge in [0.05, 0.1) is 5.02 Å². The summed E-state index contributed by atoms with van der Waals surface area (Å²) in [6.45, 7) is 5.46. The first-order valence-corrected chi connectivity index (χ1v) is 20.8. The van der Waals surface area contributed by atoms with E-state index in [1.54, 1.807) is 0 Å². The summed E-state index contributed by atoms with van der Waals surface area (Å²) in [5.41, 5.74) is 6.66. The van der Waals surface area contributed by atoms with Crippen LogP contribution in [0, 0.1) is 0 Å². The van der Waals surface area contributed by atoms with Crippen LogP contribution in [-0.4, -0.2) is 4.57 Å². The van der Waals surface area contributed by atoms with Crippen LogP contribution >= 0.6 is 46.4 Å². The zero-order valence-electron chi connectivity index (χ0n) is 30.2. The van der Waals surface area contributed by atoms with E-state index in [1.165, 1.54) is 84.3 Å². The maximum atomic E-state index is 7.48. The number of benzene rings is 7. The number of hydrogen-bond acceptors (Lipinski definition) is 0. The predicted octanol–water partition coefficient (Wildman–Crippen LogP) is 16.3. The van der Waals surface area contributed by atoms with Gasteiger partial charge in [0.25, 0.3) is 0 Å². The monoisotopic (exact) mass is 763 g/mol. The van der Waals surface area contributed by atoms with Crippen molar-refractivity contribution in [1.82, 2.24) is 4.57 Å². The van der Waals surface area contributed by atoms with Gasteiger partial charge in [-0.25, -0.2) is 0 Å². The number of aromatic nitrogens is 1. The number of rotatable bonds is 14. The van der Waals surface area contributed by atoms with Crippen molar-refractivity contribution in [2.45, 2.75) is 97.4 Å². The number of unbranched alkanes of at least 4 members (excludes halogenated alkanes) is 6. The Morgan fingerprint density at radius 3 is 1.48 bits per heavy atom. The topological polar surface area (TPSA) is 4.93 Å². The molecule has 0 N–H and O–H groups in total. The highest BCUT2D eigenvalue weighted by molar-refractivity contribution is 6.53. The van der Waals surface area contributed by atoms with Crippen molar-refractivity contribution in [2.24, 2.45) is 0 Å². The molecule has 0 saturated carbocycles. The van der Waals surface area contributed by atoms with Crippen LogP contribution in [0.3, 0.4) is 0 Å². The van der Waals surface area contributed by atoms with Gasteiger partial charge < -0.3 is 4.57 Å². The van der Waals surface area contributed by atoms with Crippen molar-refractivity contribution < 1.29 is 0 Å². The Morgan fingerprint density at radius 1 is 0.442 bits per heavy atom. The molecule has 0 bridgehead atoms. The Labute approximate surface area is 327 Å². The zero-order valence-corrected chi connectivity index (χ0v) is 33.2. The van der Waals surface area contributed by atoms with Gasteiger partial charge in [0, 0.05) is 75.7 Å². The van der Waals surface area contributed by atoms with Crippen LogP contribution in [0.5, 0.6) is 0 Å². The number of halogens is 4. The number of aryl methyl sites for hydroxylation is 4. The molecule has 7 aromatic carbocycles. The Bertz CT molecular complexity index is 2500. The maximum absolute atomic E-state index is 7.48. The van der Waals surface area contributed by atoms with Crippen molar-refractivity contribution in [3.8, 4) is 0 Å². The smallest absolute Gasteiger partial charge is 0.0523 e. The SMILES string of the molecule is CCCCCCc1ccc2c(c1)c1cc(CCCCCC)ccc1n2CCCc1cc2ccc(Cl)c3c4c(Cl)ccc5ccc(Cl)c(c(c1Cl)c23)c54. The maximum Gasteiger partial charge on any atom is 0.0523 e. The van der Waals surface area contributed by atoms with E-state index in [0.717, 1.165) is 85.9 Å². The van der Waals surface area contributed by atoms with Crippen LogP contribution < -0.4 is 0 Å². The van der Waals surface area contributed by atoms with E-state index >= 15 is 0 Å². The molecular weight excluding hydrogens is 720 g/mol. The predicted molar refractivity (Wildman–Crippen MR) is 231 cm³/mol. The van der Waals surface area contributed by atoms with Gasteiger partial charge in [-0.1, -0.05) is 129 Å². The lowest BCUT2D eigenvalue weighted by molar-refractivity contribution is 0.666. The Balaban J connectivity index is 1.18. The van der Waals surface area contributed by atoms with Gasteiger partial charge in [-0.15, -0.1) is 0 Å². The molecule has 1 heterocycles. The Kier molecular flexibility index (Phi) is 10.5. The van der Waals surface area contributed by atoms with Gasteiger partial charge in [-0.05, 0) is 115 Å². The first kappa shape index (κ1) is 35.8. The molecule has 0 spiro atoms. The molecule has 266 valence electrons. The molecule has 8 rings (SSSR count). The summed E-state index contributed by atoms with van der Waals surface area (Å²) in [6.07, 6.45) is 14.3. The molecule has 0 radical (unpaired) electrons. The molecule has 0 aliphatic carbocycles. The molecule has 0 amide bonds. The fourth-order valence-corrected chi connectivity index (χ4v) is 9.81. The lowest BCUT2D eigenvalue weighted by Gasteiger charge is -2.20. The van der Waals surface area contributed by atoms with Gasteiger partial charge >= 0.3 is 0 Å². The molecule has 0 atom stereocenters. The lowest BCUT2D eigenvalue weighted by Crippen LogP contribution is -2.01. The van der Waals surface area contributed by atoms with Gasteiger partial charge in [0.1, 0.15) is 0 Å².